The molecule has 6 nitrogen and oxygen atoms in total. The summed E-state index contributed by atoms with van der Waals surface area (Å²) >= 11 is 1.35. The Morgan fingerprint density at radius 3 is 2.74 bits per heavy atom. The Balaban J connectivity index is 2.22. The van der Waals surface area contributed by atoms with Gasteiger partial charge in [-0.05, 0) is 25.5 Å². The third kappa shape index (κ3) is 3.25. The van der Waals surface area contributed by atoms with Crippen molar-refractivity contribution in [2.75, 3.05) is 17.7 Å². The molecular formula is C12H15N5OS. The highest BCUT2D eigenvalue weighted by molar-refractivity contribution is 7.15. The zero-order chi connectivity index (χ0) is 13.8. The molecule has 0 aliphatic carbocycles. The van der Waals surface area contributed by atoms with Gasteiger partial charge in [0.15, 0.2) is 0 Å². The fraction of sp³-hybridized carbons (Fsp3) is 0.333. The molecule has 0 bridgehead atoms. The van der Waals surface area contributed by atoms with Crippen LogP contribution in [-0.4, -0.2) is 28.1 Å². The molecule has 0 atom stereocenters. The molecule has 2 rings (SSSR count). The molecule has 19 heavy (non-hydrogen) atoms. The van der Waals surface area contributed by atoms with E-state index in [1.165, 1.54) is 11.3 Å². The Morgan fingerprint density at radius 2 is 2.16 bits per heavy atom. The van der Waals surface area contributed by atoms with Gasteiger partial charge in [-0.25, -0.2) is 4.98 Å². The first-order valence-corrected chi connectivity index (χ1v) is 6.74. The first-order valence-electron chi connectivity index (χ1n) is 5.92. The number of nitrogens with one attached hydrogen (secondary N) is 2. The van der Waals surface area contributed by atoms with Gasteiger partial charge in [0, 0.05) is 18.3 Å². The number of nitrogens with zero attached hydrogens (tertiary/aromatic N) is 3. The molecule has 1 amide bonds. The second-order valence-electron chi connectivity index (χ2n) is 3.92. The number of aryl methyl sites for hydroxylation is 2. The third-order valence-corrected chi connectivity index (χ3v) is 3.26. The van der Waals surface area contributed by atoms with Crippen LogP contribution in [0, 0.1) is 6.92 Å². The topological polar surface area (TPSA) is 79.8 Å². The maximum atomic E-state index is 12.1. The molecule has 100 valence electrons. The molecule has 0 radical (unpaired) electrons. The number of carbonyl (C=O) groups excluding carboxylic acids is 1. The molecule has 0 spiro atoms. The van der Waals surface area contributed by atoms with Gasteiger partial charge >= 0.3 is 0 Å². The van der Waals surface area contributed by atoms with Crippen LogP contribution in [0.5, 0.6) is 0 Å². The van der Waals surface area contributed by atoms with Gasteiger partial charge in [-0.15, -0.1) is 10.2 Å². The highest BCUT2D eigenvalue weighted by Crippen LogP contribution is 2.16. The molecule has 0 aromatic carbocycles. The number of pyridine rings is 1. The Kier molecular flexibility index (Phi) is 4.06. The maximum Gasteiger partial charge on any atom is 0.257 e. The van der Waals surface area contributed by atoms with Crippen LogP contribution < -0.4 is 10.6 Å². The minimum atomic E-state index is -0.204. The number of hydrogen-bond acceptors (Lipinski definition) is 6. The highest BCUT2D eigenvalue weighted by atomic mass is 32.1. The smallest absolute Gasteiger partial charge is 0.257 e. The van der Waals surface area contributed by atoms with Gasteiger partial charge in [0.2, 0.25) is 5.13 Å². The summed E-state index contributed by atoms with van der Waals surface area (Å²) in [6, 6.07) is 3.49. The van der Waals surface area contributed by atoms with E-state index in [-0.39, 0.29) is 5.91 Å². The van der Waals surface area contributed by atoms with Gasteiger partial charge in [-0.3, -0.25) is 10.1 Å². The van der Waals surface area contributed by atoms with Gasteiger partial charge in [-0.2, -0.15) is 0 Å². The monoisotopic (exact) mass is 277 g/mol. The highest BCUT2D eigenvalue weighted by Gasteiger charge is 2.11. The molecule has 2 aromatic heterocycles. The van der Waals surface area contributed by atoms with Crippen LogP contribution in [0.3, 0.4) is 0 Å². The van der Waals surface area contributed by atoms with E-state index in [9.17, 15) is 4.79 Å². The minimum Gasteiger partial charge on any atom is -0.373 e. The molecule has 0 aliphatic heterocycles. The van der Waals surface area contributed by atoms with Crippen LogP contribution in [0.4, 0.5) is 10.9 Å². The van der Waals surface area contributed by atoms with Crippen molar-refractivity contribution in [1.29, 1.82) is 0 Å². The van der Waals surface area contributed by atoms with Gasteiger partial charge < -0.3 is 5.32 Å². The molecule has 0 fully saturated rings. The van der Waals surface area contributed by atoms with E-state index in [0.717, 1.165) is 17.1 Å². The number of hydrogen-bond donors (Lipinski definition) is 2. The van der Waals surface area contributed by atoms with Crippen LogP contribution in [0.1, 0.15) is 28.0 Å². The molecule has 0 saturated carbocycles. The quantitative estimate of drug-likeness (QED) is 0.894. The fourth-order valence-electron chi connectivity index (χ4n) is 1.54. The number of anilines is 2. The van der Waals surface area contributed by atoms with Crippen molar-refractivity contribution in [3.63, 3.8) is 0 Å². The molecule has 2 heterocycles. The van der Waals surface area contributed by atoms with E-state index < -0.39 is 0 Å². The normalized spacial score (nSPS) is 10.3. The van der Waals surface area contributed by atoms with Gasteiger partial charge in [0.25, 0.3) is 5.91 Å². The standard InChI is InChI=1S/C12H15N5OS/c1-4-9-5-8(6-10(13-3)14-9)11(18)15-12-17-16-7(2)19-12/h5-6H,4H2,1-3H3,(H,13,14)(H,15,17,18). The summed E-state index contributed by atoms with van der Waals surface area (Å²) in [5.74, 6) is 0.475. The Bertz CT molecular complexity index is 573. The second kappa shape index (κ2) is 5.75. The molecule has 2 aromatic rings. The molecule has 0 saturated heterocycles. The van der Waals surface area contributed by atoms with Crippen LogP contribution in [0.25, 0.3) is 0 Å². The number of rotatable bonds is 4. The first kappa shape index (κ1) is 13.4. The van der Waals surface area contributed by atoms with Gasteiger partial charge in [0.1, 0.15) is 10.8 Å². The summed E-state index contributed by atoms with van der Waals surface area (Å²) in [6.45, 7) is 3.84. The number of carbonyl (C=O) groups is 1. The zero-order valence-electron chi connectivity index (χ0n) is 11.0. The van der Waals surface area contributed by atoms with E-state index in [0.29, 0.717) is 16.5 Å². The summed E-state index contributed by atoms with van der Waals surface area (Å²) in [5, 5.41) is 14.7. The van der Waals surface area contributed by atoms with Crippen molar-refractivity contribution < 1.29 is 4.79 Å². The third-order valence-electron chi connectivity index (χ3n) is 2.51. The average molecular weight is 277 g/mol. The number of amides is 1. The van der Waals surface area contributed by atoms with Crippen molar-refractivity contribution in [1.82, 2.24) is 15.2 Å². The van der Waals surface area contributed by atoms with Crippen molar-refractivity contribution in [2.24, 2.45) is 0 Å². The van der Waals surface area contributed by atoms with E-state index in [1.54, 1.807) is 19.2 Å². The molecule has 0 unspecified atom stereocenters. The fourth-order valence-corrected chi connectivity index (χ4v) is 2.13. The molecule has 7 heteroatoms. The van der Waals surface area contributed by atoms with Gasteiger partial charge in [-0.1, -0.05) is 18.3 Å². The van der Waals surface area contributed by atoms with Crippen LogP contribution in [-0.2, 0) is 6.42 Å². The zero-order valence-corrected chi connectivity index (χ0v) is 11.8. The van der Waals surface area contributed by atoms with Crippen LogP contribution in [0.2, 0.25) is 0 Å². The lowest BCUT2D eigenvalue weighted by molar-refractivity contribution is 0.102. The maximum absolute atomic E-state index is 12.1. The Hall–Kier alpha value is -2.02. The van der Waals surface area contributed by atoms with Crippen molar-refractivity contribution in [2.45, 2.75) is 20.3 Å². The van der Waals surface area contributed by atoms with Crippen molar-refractivity contribution in [3.8, 4) is 0 Å². The molecule has 2 N–H and O–H groups in total. The summed E-state index contributed by atoms with van der Waals surface area (Å²) in [7, 11) is 1.78. The van der Waals surface area contributed by atoms with Gasteiger partial charge in [0.05, 0.1) is 0 Å². The Morgan fingerprint density at radius 1 is 1.37 bits per heavy atom. The predicted molar refractivity (Wildman–Crippen MR) is 75.8 cm³/mol. The Labute approximate surface area is 115 Å². The van der Waals surface area contributed by atoms with Crippen LogP contribution in [0.15, 0.2) is 12.1 Å². The minimum absolute atomic E-state index is 0.204. The van der Waals surface area contributed by atoms with E-state index in [4.69, 9.17) is 0 Å². The molecule has 0 aliphatic rings. The van der Waals surface area contributed by atoms with E-state index >= 15 is 0 Å². The van der Waals surface area contributed by atoms with Crippen LogP contribution >= 0.6 is 11.3 Å². The summed E-state index contributed by atoms with van der Waals surface area (Å²) in [5.41, 5.74) is 1.43. The molecular weight excluding hydrogens is 262 g/mol. The summed E-state index contributed by atoms with van der Waals surface area (Å²) in [6.07, 6.45) is 0.772. The SMILES string of the molecule is CCc1cc(C(=O)Nc2nnc(C)s2)cc(NC)n1. The number of aromatic nitrogens is 3. The van der Waals surface area contributed by atoms with Crippen molar-refractivity contribution in [3.05, 3.63) is 28.4 Å². The van der Waals surface area contributed by atoms with Crippen molar-refractivity contribution >= 4 is 28.2 Å². The summed E-state index contributed by atoms with van der Waals surface area (Å²) < 4.78 is 0. The lowest BCUT2D eigenvalue weighted by Crippen LogP contribution is -2.13. The second-order valence-corrected chi connectivity index (χ2v) is 5.10. The lowest BCUT2D eigenvalue weighted by Gasteiger charge is -2.07. The van der Waals surface area contributed by atoms with E-state index in [2.05, 4.69) is 25.8 Å². The summed E-state index contributed by atoms with van der Waals surface area (Å²) in [4.78, 5) is 16.5. The first-order chi connectivity index (χ1) is 9.12. The lowest BCUT2D eigenvalue weighted by atomic mass is 10.2. The predicted octanol–water partition coefficient (Wildman–Crippen LogP) is 2.10. The largest absolute Gasteiger partial charge is 0.373 e. The van der Waals surface area contributed by atoms with E-state index in [1.807, 2.05) is 13.8 Å². The average Bonchev–Trinajstić information content (AvgIpc) is 2.83.